The molecule has 3 saturated heterocycles. The molecule has 0 radical (unpaired) electrons. The zero-order chi connectivity index (χ0) is 40.7. The van der Waals surface area contributed by atoms with Gasteiger partial charge in [-0.25, -0.2) is 4.79 Å². The molecule has 7 bridgehead atoms. The number of aliphatic hydroxyl groups is 2. The van der Waals surface area contributed by atoms with Crippen molar-refractivity contribution in [2.45, 2.75) is 165 Å². The largest absolute Gasteiger partial charge is 0.481 e. The number of carbonyl (C=O) groups is 2. The topological polar surface area (TPSA) is 141 Å². The van der Waals surface area contributed by atoms with Gasteiger partial charge in [0.15, 0.2) is 6.10 Å². The molecular formula is C47H66O10. The lowest BCUT2D eigenvalue weighted by Crippen LogP contribution is -2.43. The monoisotopic (exact) mass is 790 g/mol. The first-order valence-electron chi connectivity index (χ1n) is 21.2. The third-order valence-corrected chi connectivity index (χ3v) is 11.8. The van der Waals surface area contributed by atoms with Gasteiger partial charge in [-0.2, -0.15) is 0 Å². The zero-order valence-electron chi connectivity index (χ0n) is 34.2. The minimum absolute atomic E-state index is 0.0184. The van der Waals surface area contributed by atoms with Crippen LogP contribution in [0, 0.1) is 17.8 Å². The van der Waals surface area contributed by atoms with E-state index in [2.05, 4.69) is 44.2 Å². The summed E-state index contributed by atoms with van der Waals surface area (Å²) < 4.78 is 31.7. The number of unbranched alkanes of at least 4 members (excludes halogenated alkanes) is 1. The van der Waals surface area contributed by atoms with Gasteiger partial charge < -0.3 is 39.0 Å². The van der Waals surface area contributed by atoms with Crippen LogP contribution in [0.15, 0.2) is 96.7 Å². The van der Waals surface area contributed by atoms with Gasteiger partial charge in [-0.3, -0.25) is 4.79 Å². The lowest BCUT2D eigenvalue weighted by atomic mass is 9.86. The van der Waals surface area contributed by atoms with Crippen molar-refractivity contribution in [3.63, 3.8) is 0 Å². The normalized spacial score (nSPS) is 40.9. The molecule has 6 aliphatic heterocycles. The lowest BCUT2D eigenvalue weighted by molar-refractivity contribution is -0.148. The van der Waals surface area contributed by atoms with E-state index in [0.29, 0.717) is 32.1 Å². The Kier molecular flexibility index (Phi) is 17.8. The van der Waals surface area contributed by atoms with Gasteiger partial charge in [0.2, 0.25) is 0 Å². The SMILES string of the molecule is C/C(=C\[C@@H](C)CCCCC(=O)O)[C@@H]1O[C@H]2C=C[C@H]1OC(=O)\C=C/C=C\C=C\[C@H]1O[C@@H]3C[C@H]1O[C@H](/C=C/C[C@H]1O[C@H](C[C@@H](O)[C@@H]1C)C[C@@H](O)/C=C/CC/C=C/C2)[C@H]3C. The number of rotatable bonds is 7. The number of carboxylic acid groups (broad SMARTS) is 1. The van der Waals surface area contributed by atoms with Gasteiger partial charge >= 0.3 is 11.9 Å². The molecule has 0 aromatic heterocycles. The number of aliphatic carboxylic acids is 1. The van der Waals surface area contributed by atoms with Crippen molar-refractivity contribution < 1.29 is 48.6 Å². The van der Waals surface area contributed by atoms with Crippen molar-refractivity contribution in [1.82, 2.24) is 0 Å². The molecule has 0 aromatic rings. The molecule has 3 N–H and O–H groups in total. The summed E-state index contributed by atoms with van der Waals surface area (Å²) in [6.45, 7) is 8.29. The minimum atomic E-state index is -0.777. The Bertz CT molecular complexity index is 1540. The van der Waals surface area contributed by atoms with Crippen LogP contribution in [0.3, 0.4) is 0 Å². The molecule has 0 aromatic carbocycles. The van der Waals surface area contributed by atoms with Gasteiger partial charge in [0.25, 0.3) is 0 Å². The third-order valence-electron chi connectivity index (χ3n) is 11.8. The van der Waals surface area contributed by atoms with Crippen molar-refractivity contribution >= 4 is 11.9 Å². The smallest absolute Gasteiger partial charge is 0.331 e. The first kappa shape index (κ1) is 44.7. The molecule has 0 amide bonds. The van der Waals surface area contributed by atoms with E-state index in [1.165, 1.54) is 6.08 Å². The number of ether oxygens (including phenoxy) is 5. The first-order valence-corrected chi connectivity index (χ1v) is 21.2. The zero-order valence-corrected chi connectivity index (χ0v) is 34.2. The van der Waals surface area contributed by atoms with E-state index >= 15 is 0 Å². The van der Waals surface area contributed by atoms with E-state index in [-0.39, 0.29) is 66.9 Å². The summed E-state index contributed by atoms with van der Waals surface area (Å²) in [6.07, 6.45) is 33.0. The van der Waals surface area contributed by atoms with Gasteiger partial charge in [-0.15, -0.1) is 0 Å². The Hall–Kier alpha value is -3.38. The van der Waals surface area contributed by atoms with Crippen LogP contribution in [-0.2, 0) is 33.3 Å². The Labute approximate surface area is 339 Å². The van der Waals surface area contributed by atoms with E-state index in [0.717, 1.165) is 37.7 Å². The fourth-order valence-electron chi connectivity index (χ4n) is 8.40. The highest BCUT2D eigenvalue weighted by Gasteiger charge is 2.45. The number of esters is 1. The lowest BCUT2D eigenvalue weighted by Gasteiger charge is -2.38. The highest BCUT2D eigenvalue weighted by molar-refractivity contribution is 5.82. The van der Waals surface area contributed by atoms with E-state index in [4.69, 9.17) is 28.8 Å². The predicted octanol–water partition coefficient (Wildman–Crippen LogP) is 7.83. The number of hydrogen-bond donors (Lipinski definition) is 3. The molecule has 0 unspecified atom stereocenters. The molecule has 14 atom stereocenters. The van der Waals surface area contributed by atoms with Crippen LogP contribution in [-0.4, -0.2) is 94.4 Å². The molecule has 10 heteroatoms. The van der Waals surface area contributed by atoms with Crippen molar-refractivity contribution in [2.75, 3.05) is 0 Å². The number of allylic oxidation sites excluding steroid dienone is 7. The fraction of sp³-hybridized carbons (Fsp3) is 0.617. The summed E-state index contributed by atoms with van der Waals surface area (Å²) in [7, 11) is 0. The van der Waals surface area contributed by atoms with Crippen LogP contribution >= 0.6 is 0 Å². The van der Waals surface area contributed by atoms with Crippen molar-refractivity contribution in [3.8, 4) is 0 Å². The average molecular weight is 791 g/mol. The second-order valence-corrected chi connectivity index (χ2v) is 16.5. The Morgan fingerprint density at radius 2 is 1.56 bits per heavy atom. The summed E-state index contributed by atoms with van der Waals surface area (Å²) in [6, 6.07) is 0. The minimum Gasteiger partial charge on any atom is -0.481 e. The van der Waals surface area contributed by atoms with E-state index in [1.807, 2.05) is 56.4 Å². The fourth-order valence-corrected chi connectivity index (χ4v) is 8.40. The van der Waals surface area contributed by atoms with Crippen LogP contribution in [0.2, 0.25) is 0 Å². The molecule has 3 fully saturated rings. The van der Waals surface area contributed by atoms with Crippen LogP contribution < -0.4 is 0 Å². The molecule has 6 aliphatic rings. The second-order valence-electron chi connectivity index (χ2n) is 16.5. The summed E-state index contributed by atoms with van der Waals surface area (Å²) in [4.78, 5) is 23.9. The van der Waals surface area contributed by atoms with Gasteiger partial charge in [-0.05, 0) is 69.4 Å². The molecule has 57 heavy (non-hydrogen) atoms. The van der Waals surface area contributed by atoms with Gasteiger partial charge in [0.1, 0.15) is 12.2 Å². The maximum absolute atomic E-state index is 13.0. The molecule has 314 valence electrons. The van der Waals surface area contributed by atoms with Gasteiger partial charge in [0.05, 0.1) is 48.8 Å². The maximum atomic E-state index is 13.0. The number of hydrogen-bond acceptors (Lipinski definition) is 9. The average Bonchev–Trinajstić information content (AvgIpc) is 3.52. The summed E-state index contributed by atoms with van der Waals surface area (Å²) >= 11 is 0. The van der Waals surface area contributed by atoms with Crippen LogP contribution in [0.25, 0.3) is 0 Å². The molecule has 0 saturated carbocycles. The third kappa shape index (κ3) is 14.1. The Morgan fingerprint density at radius 1 is 0.772 bits per heavy atom. The van der Waals surface area contributed by atoms with Gasteiger partial charge in [0, 0.05) is 37.2 Å². The standard InChI is InChI=1S/C47H66O10/c1-31(17-14-15-23-45(50)51)27-32(2)47-42-26-25-36(54-47)19-11-7-5-6-10-18-35(48)28-37-29-38(49)33(3)39(53-37)21-16-22-40-34(4)43-30-44(55-40)41(56-43)20-12-8-9-13-24-46(52)57-42/h7-13,16,18,20,22,24-27,31,33-44,47-49H,5-6,14-15,17,19,21,23,28-30H2,1-4H3,(H,50,51)/b9-8-,11-7+,18-10+,20-12+,22-16+,24-13-,32-27+/t31-,33-,34+,35-,36+,37-,38+,39+,40+,41+,42+,43+,44+,47-/m0/s1. The number of fused-ring (bicyclic) bond motifs is 13. The number of aliphatic hydroxyl groups excluding tert-OH is 2. The van der Waals surface area contributed by atoms with Crippen LogP contribution in [0.5, 0.6) is 0 Å². The van der Waals surface area contributed by atoms with Gasteiger partial charge in [-0.1, -0.05) is 106 Å². The molecule has 6 heterocycles. The molecule has 6 rings (SSSR count). The Morgan fingerprint density at radius 3 is 2.39 bits per heavy atom. The predicted molar refractivity (Wildman–Crippen MR) is 220 cm³/mol. The number of carboxylic acids is 1. The van der Waals surface area contributed by atoms with Crippen LogP contribution in [0.1, 0.15) is 98.3 Å². The number of carbonyl (C=O) groups excluding carboxylic acids is 1. The quantitative estimate of drug-likeness (QED) is 0.133. The van der Waals surface area contributed by atoms with E-state index < -0.39 is 36.4 Å². The molecule has 0 spiro atoms. The first-order chi connectivity index (χ1) is 27.5. The molecule has 10 nitrogen and oxygen atoms in total. The summed E-state index contributed by atoms with van der Waals surface area (Å²) in [5, 5.41) is 30.7. The van der Waals surface area contributed by atoms with E-state index in [9.17, 15) is 19.8 Å². The molecular weight excluding hydrogens is 725 g/mol. The summed E-state index contributed by atoms with van der Waals surface area (Å²) in [5.41, 5.74) is 0.966. The second kappa shape index (κ2) is 22.7. The molecule has 0 aliphatic carbocycles. The van der Waals surface area contributed by atoms with Crippen molar-refractivity contribution in [3.05, 3.63) is 96.7 Å². The maximum Gasteiger partial charge on any atom is 0.331 e. The highest BCUT2D eigenvalue weighted by Crippen LogP contribution is 2.38. The van der Waals surface area contributed by atoms with Crippen molar-refractivity contribution in [1.29, 1.82) is 0 Å². The summed E-state index contributed by atoms with van der Waals surface area (Å²) in [5.74, 6) is -0.875. The Balaban J connectivity index is 1.27. The highest BCUT2D eigenvalue weighted by atomic mass is 16.6. The van der Waals surface area contributed by atoms with E-state index in [1.54, 1.807) is 12.2 Å². The van der Waals surface area contributed by atoms with Crippen LogP contribution in [0.4, 0.5) is 0 Å². The van der Waals surface area contributed by atoms with Crippen molar-refractivity contribution in [2.24, 2.45) is 17.8 Å².